The lowest BCUT2D eigenvalue weighted by atomic mass is 9.91. The van der Waals surface area contributed by atoms with Crippen LogP contribution in [0, 0.1) is 0 Å². The van der Waals surface area contributed by atoms with E-state index >= 15 is 0 Å². The monoisotopic (exact) mass is 604 g/mol. The second kappa shape index (κ2) is 11.5. The van der Waals surface area contributed by atoms with Crippen molar-refractivity contribution in [2.75, 3.05) is 31.6 Å². The third-order valence-corrected chi connectivity index (χ3v) is 8.50. The summed E-state index contributed by atoms with van der Waals surface area (Å²) in [5, 5.41) is 19.2. The number of aromatic amines is 1. The van der Waals surface area contributed by atoms with Gasteiger partial charge in [0, 0.05) is 36.6 Å². The molecule has 1 spiro atoms. The minimum Gasteiger partial charge on any atom is -0.475 e. The van der Waals surface area contributed by atoms with Crippen molar-refractivity contribution < 1.29 is 32.6 Å². The zero-order valence-corrected chi connectivity index (χ0v) is 23.9. The van der Waals surface area contributed by atoms with E-state index < -0.39 is 17.6 Å². The van der Waals surface area contributed by atoms with Crippen LogP contribution in [-0.2, 0) is 26.3 Å². The number of alkyl halides is 3. The number of carboxylic acid groups (broad SMARTS) is 1. The molecule has 3 heterocycles. The number of hydrogen-bond acceptors (Lipinski definition) is 5. The van der Waals surface area contributed by atoms with Gasteiger partial charge in [-0.05, 0) is 59.4 Å². The Labute approximate surface area is 251 Å². The molecule has 7 rings (SSSR count). The van der Waals surface area contributed by atoms with Crippen LogP contribution in [-0.4, -0.2) is 64.6 Å². The summed E-state index contributed by atoms with van der Waals surface area (Å²) in [6.45, 7) is 6.72. The summed E-state index contributed by atoms with van der Waals surface area (Å²) in [5.41, 5.74) is 8.44. The van der Waals surface area contributed by atoms with Gasteiger partial charge >= 0.3 is 12.1 Å². The molecule has 44 heavy (non-hydrogen) atoms. The van der Waals surface area contributed by atoms with Gasteiger partial charge in [0.25, 0.3) is 0 Å². The fourth-order valence-corrected chi connectivity index (χ4v) is 6.16. The Kier molecular flexibility index (Phi) is 7.77. The highest BCUT2D eigenvalue weighted by molar-refractivity contribution is 6.10. The molecule has 1 saturated carbocycles. The van der Waals surface area contributed by atoms with Crippen molar-refractivity contribution in [3.63, 3.8) is 0 Å². The number of benzene rings is 3. The maximum atomic E-state index is 12.9. The number of allylic oxidation sites excluding steroid dienone is 1. The van der Waals surface area contributed by atoms with Crippen LogP contribution in [0.5, 0.6) is 0 Å². The first kappa shape index (κ1) is 29.6. The molecular weight excluding hydrogens is 573 g/mol. The van der Waals surface area contributed by atoms with Crippen molar-refractivity contribution in [3.8, 4) is 0 Å². The van der Waals surface area contributed by atoms with Gasteiger partial charge in [0.05, 0.1) is 29.8 Å². The van der Waals surface area contributed by atoms with Gasteiger partial charge in [-0.2, -0.15) is 18.3 Å². The number of ether oxygens (including phenoxy) is 1. The third kappa shape index (κ3) is 5.72. The van der Waals surface area contributed by atoms with Gasteiger partial charge in [-0.25, -0.2) is 4.79 Å². The van der Waals surface area contributed by atoms with E-state index in [1.54, 1.807) is 0 Å². The zero-order chi connectivity index (χ0) is 31.1. The number of carbonyl (C=O) groups excluding carboxylic acids is 1. The van der Waals surface area contributed by atoms with Crippen molar-refractivity contribution in [1.29, 1.82) is 0 Å². The van der Waals surface area contributed by atoms with E-state index in [1.165, 1.54) is 16.7 Å². The maximum absolute atomic E-state index is 12.9. The van der Waals surface area contributed by atoms with E-state index in [0.717, 1.165) is 72.7 Å². The number of halogens is 3. The van der Waals surface area contributed by atoms with Gasteiger partial charge in [-0.1, -0.05) is 54.6 Å². The Morgan fingerprint density at radius 3 is 2.52 bits per heavy atom. The lowest BCUT2D eigenvalue weighted by molar-refractivity contribution is -0.192. The summed E-state index contributed by atoms with van der Waals surface area (Å²) in [5.74, 6) is -2.44. The number of rotatable bonds is 5. The van der Waals surface area contributed by atoms with Crippen LogP contribution < -0.4 is 5.32 Å². The number of carbonyl (C=O) groups is 2. The molecule has 228 valence electrons. The first-order valence-electron chi connectivity index (χ1n) is 14.3. The zero-order valence-electron chi connectivity index (χ0n) is 23.9. The minimum absolute atomic E-state index is 0.124. The van der Waals surface area contributed by atoms with Gasteiger partial charge in [0.1, 0.15) is 0 Å². The largest absolute Gasteiger partial charge is 0.490 e. The average Bonchev–Trinajstić information content (AvgIpc) is 3.52. The van der Waals surface area contributed by atoms with Gasteiger partial charge in [-0.15, -0.1) is 0 Å². The summed E-state index contributed by atoms with van der Waals surface area (Å²) < 4.78 is 37.2. The second-order valence-electron chi connectivity index (χ2n) is 11.4. The molecule has 2 atom stereocenters. The number of nitrogens with zero attached hydrogens (tertiary/aromatic N) is 2. The third-order valence-electron chi connectivity index (χ3n) is 8.50. The molecule has 0 bridgehead atoms. The first-order valence-corrected chi connectivity index (χ1v) is 14.3. The molecule has 4 aromatic rings. The van der Waals surface area contributed by atoms with E-state index in [0.29, 0.717) is 0 Å². The smallest absolute Gasteiger partial charge is 0.475 e. The second-order valence-corrected chi connectivity index (χ2v) is 11.4. The molecule has 1 saturated heterocycles. The number of H-pyrrole nitrogens is 1. The summed E-state index contributed by atoms with van der Waals surface area (Å²) in [4.78, 5) is 24.2. The van der Waals surface area contributed by atoms with Crippen molar-refractivity contribution in [3.05, 3.63) is 94.7 Å². The highest BCUT2D eigenvalue weighted by atomic mass is 19.4. The van der Waals surface area contributed by atoms with E-state index in [-0.39, 0.29) is 11.8 Å². The lowest BCUT2D eigenvalue weighted by Crippen LogP contribution is -2.35. The molecular formula is C33H31F3N4O4. The van der Waals surface area contributed by atoms with Crippen LogP contribution in [0.1, 0.15) is 47.2 Å². The van der Waals surface area contributed by atoms with Crippen LogP contribution in [0.15, 0.2) is 66.7 Å². The van der Waals surface area contributed by atoms with Gasteiger partial charge in [-0.3, -0.25) is 14.8 Å². The van der Waals surface area contributed by atoms with Crippen molar-refractivity contribution in [2.45, 2.75) is 37.4 Å². The standard InChI is InChI=1S/C31H30N4O2.C2HF3O2/c1-20(16-21-6-8-22(9-7-21)19-35-12-14-37-15-13-35)29-24-11-10-23(17-28(24)33-34-29)26-18-31(26)25-4-2-3-5-27(25)32-30(31)36;3-2(4,5)1(6)7/h2-11,16-17,26H,12-15,18-19H2,1H3,(H,32,36)(H,33,34);(H,6,7)/t26-,31-;/m0./s1. The van der Waals surface area contributed by atoms with Crippen LogP contribution in [0.25, 0.3) is 22.6 Å². The Hall–Kier alpha value is -4.48. The summed E-state index contributed by atoms with van der Waals surface area (Å²) in [6.07, 6.45) is -2.04. The normalized spacial score (nSPS) is 21.5. The molecule has 0 unspecified atom stereocenters. The van der Waals surface area contributed by atoms with Crippen molar-refractivity contribution in [2.24, 2.45) is 0 Å². The molecule has 3 aromatic carbocycles. The molecule has 11 heteroatoms. The van der Waals surface area contributed by atoms with E-state index in [2.05, 4.69) is 81.9 Å². The number of morpholine rings is 1. The average molecular weight is 605 g/mol. The molecule has 3 aliphatic rings. The summed E-state index contributed by atoms with van der Waals surface area (Å²) in [7, 11) is 0. The Morgan fingerprint density at radius 1 is 1.11 bits per heavy atom. The number of aromatic nitrogens is 2. The number of amides is 1. The quantitative estimate of drug-likeness (QED) is 0.259. The van der Waals surface area contributed by atoms with Crippen LogP contribution in [0.2, 0.25) is 0 Å². The Bertz CT molecular complexity index is 1740. The topological polar surface area (TPSA) is 108 Å². The lowest BCUT2D eigenvalue weighted by Gasteiger charge is -2.26. The number of fused-ring (bicyclic) bond motifs is 3. The SMILES string of the molecule is CC(=Cc1ccc(CN2CCOCC2)cc1)c1n[nH]c2cc([C@@H]3C[C@@]34C(=O)Nc3ccccc34)ccc12.O=C(O)C(F)(F)F. The molecule has 1 amide bonds. The number of aliphatic carboxylic acids is 1. The molecule has 0 radical (unpaired) electrons. The van der Waals surface area contributed by atoms with E-state index in [4.69, 9.17) is 14.6 Å². The molecule has 1 aliphatic carbocycles. The van der Waals surface area contributed by atoms with Crippen LogP contribution >= 0.6 is 0 Å². The van der Waals surface area contributed by atoms with Crippen LogP contribution in [0.4, 0.5) is 18.9 Å². The fourth-order valence-electron chi connectivity index (χ4n) is 6.16. The predicted octanol–water partition coefficient (Wildman–Crippen LogP) is 5.97. The summed E-state index contributed by atoms with van der Waals surface area (Å²) in [6, 6.07) is 23.4. The van der Waals surface area contributed by atoms with Gasteiger partial charge in [0.2, 0.25) is 5.91 Å². The number of hydrogen-bond donors (Lipinski definition) is 3. The Balaban J connectivity index is 0.000000441. The highest BCUT2D eigenvalue weighted by Crippen LogP contribution is 2.65. The number of para-hydroxylation sites is 1. The molecule has 8 nitrogen and oxygen atoms in total. The molecule has 2 aliphatic heterocycles. The Morgan fingerprint density at radius 2 is 1.82 bits per heavy atom. The number of anilines is 1. The number of carboxylic acids is 1. The molecule has 2 fully saturated rings. The van der Waals surface area contributed by atoms with E-state index in [1.807, 2.05) is 18.2 Å². The minimum atomic E-state index is -5.08. The highest BCUT2D eigenvalue weighted by Gasteiger charge is 2.65. The molecule has 1 aromatic heterocycles. The van der Waals surface area contributed by atoms with E-state index in [9.17, 15) is 18.0 Å². The number of nitrogens with one attached hydrogen (secondary N) is 2. The fraction of sp³-hybridized carbons (Fsp3) is 0.303. The van der Waals surface area contributed by atoms with Crippen LogP contribution in [0.3, 0.4) is 0 Å². The maximum Gasteiger partial charge on any atom is 0.490 e. The first-order chi connectivity index (χ1) is 21.1. The predicted molar refractivity (Wildman–Crippen MR) is 160 cm³/mol. The van der Waals surface area contributed by atoms with Gasteiger partial charge in [0.15, 0.2) is 0 Å². The molecule has 3 N–H and O–H groups in total. The van der Waals surface area contributed by atoms with Gasteiger partial charge < -0.3 is 15.2 Å². The summed E-state index contributed by atoms with van der Waals surface area (Å²) >= 11 is 0. The van der Waals surface area contributed by atoms with Crippen molar-refractivity contribution in [1.82, 2.24) is 15.1 Å². The van der Waals surface area contributed by atoms with Crippen molar-refractivity contribution >= 4 is 40.1 Å².